The summed E-state index contributed by atoms with van der Waals surface area (Å²) in [7, 11) is 2.08. The lowest BCUT2D eigenvalue weighted by molar-refractivity contribution is 0.977. The summed E-state index contributed by atoms with van der Waals surface area (Å²) in [6.45, 7) is 0. The fourth-order valence-corrected chi connectivity index (χ4v) is 2.02. The van der Waals surface area contributed by atoms with E-state index in [1.165, 1.54) is 22.2 Å². The molecule has 0 atom stereocenters. The van der Waals surface area contributed by atoms with Crippen molar-refractivity contribution < 1.29 is 0 Å². The number of hydrogen-bond donors (Lipinski definition) is 0. The molecule has 0 saturated heterocycles. The van der Waals surface area contributed by atoms with Crippen molar-refractivity contribution in [3.63, 3.8) is 0 Å². The van der Waals surface area contributed by atoms with Crippen molar-refractivity contribution in [2.75, 3.05) is 0 Å². The van der Waals surface area contributed by atoms with Gasteiger partial charge in [0.1, 0.15) is 0 Å². The highest BCUT2D eigenvalue weighted by Crippen LogP contribution is 2.26. The van der Waals surface area contributed by atoms with Gasteiger partial charge in [-0.25, -0.2) is 0 Å². The summed E-state index contributed by atoms with van der Waals surface area (Å²) in [5, 5.41) is 1.24. The number of aromatic nitrogens is 2. The predicted octanol–water partition coefficient (Wildman–Crippen LogP) is 3.04. The second-order valence-electron chi connectivity index (χ2n) is 3.81. The second kappa shape index (κ2) is 3.49. The Hall–Kier alpha value is -2.09. The van der Waals surface area contributed by atoms with Crippen LogP contribution in [0.3, 0.4) is 0 Å². The first-order valence-electron chi connectivity index (χ1n) is 5.22. The number of hydrogen-bond acceptors (Lipinski definition) is 1. The van der Waals surface area contributed by atoms with Crippen LogP contribution in [0.15, 0.2) is 48.8 Å². The van der Waals surface area contributed by atoms with Crippen molar-refractivity contribution in [1.82, 2.24) is 9.55 Å². The van der Waals surface area contributed by atoms with Gasteiger partial charge in [-0.3, -0.25) is 4.98 Å². The summed E-state index contributed by atoms with van der Waals surface area (Å²) in [5.74, 6) is 0. The highest BCUT2D eigenvalue weighted by molar-refractivity contribution is 5.86. The Morgan fingerprint density at radius 1 is 1.19 bits per heavy atom. The summed E-state index contributed by atoms with van der Waals surface area (Å²) in [4.78, 5) is 4.04. The van der Waals surface area contributed by atoms with Crippen molar-refractivity contribution in [2.45, 2.75) is 0 Å². The Morgan fingerprint density at radius 2 is 2.00 bits per heavy atom. The quantitative estimate of drug-likeness (QED) is 0.599. The molecule has 0 N–H and O–H groups in total. The molecule has 1 aromatic carbocycles. The minimum Gasteiger partial charge on any atom is -0.344 e. The van der Waals surface area contributed by atoms with E-state index in [2.05, 4.69) is 34.8 Å². The number of nitrogens with zero attached hydrogens (tertiary/aromatic N) is 2. The number of pyridine rings is 1. The van der Waals surface area contributed by atoms with Gasteiger partial charge in [-0.05, 0) is 30.3 Å². The van der Waals surface area contributed by atoms with E-state index >= 15 is 0 Å². The molecule has 77 valence electrons. The second-order valence-corrected chi connectivity index (χ2v) is 3.81. The van der Waals surface area contributed by atoms with Gasteiger partial charge in [0.2, 0.25) is 0 Å². The lowest BCUT2D eigenvalue weighted by Crippen LogP contribution is -1.90. The van der Waals surface area contributed by atoms with Crippen LogP contribution in [0, 0.1) is 6.07 Å². The predicted molar refractivity (Wildman–Crippen MR) is 65.0 cm³/mol. The van der Waals surface area contributed by atoms with Gasteiger partial charge in [-0.15, -0.1) is 0 Å². The fraction of sp³-hybridized carbons (Fsp3) is 0.0714. The maximum absolute atomic E-state index is 4.04. The molecule has 0 saturated carbocycles. The molecule has 2 aromatic heterocycles. The zero-order valence-corrected chi connectivity index (χ0v) is 9.01. The summed E-state index contributed by atoms with van der Waals surface area (Å²) >= 11 is 0. The minimum atomic E-state index is 1.19. The molecule has 2 heteroatoms. The summed E-state index contributed by atoms with van der Waals surface area (Å²) < 4.78 is 2.18. The van der Waals surface area contributed by atoms with Crippen LogP contribution in [0.25, 0.3) is 22.2 Å². The Labute approximate surface area is 94.2 Å². The molecule has 16 heavy (non-hydrogen) atoms. The van der Waals surface area contributed by atoms with Crippen LogP contribution in [0.5, 0.6) is 0 Å². The largest absolute Gasteiger partial charge is 0.344 e. The van der Waals surface area contributed by atoms with Gasteiger partial charge >= 0.3 is 0 Å². The summed E-state index contributed by atoms with van der Waals surface area (Å²) in [5.41, 5.74) is 3.60. The highest BCUT2D eigenvalue weighted by Gasteiger charge is 2.06. The third kappa shape index (κ3) is 1.31. The number of rotatable bonds is 1. The van der Waals surface area contributed by atoms with E-state index in [0.29, 0.717) is 0 Å². The number of benzene rings is 1. The Kier molecular flexibility index (Phi) is 2.00. The standard InChI is InChI=1S/C14H11N2/c1-16-13-5-3-2-4-12(13)10-14(16)11-6-8-15-9-7-11/h2,4-10H,1H3. The smallest absolute Gasteiger partial charge is 0.0489 e. The summed E-state index contributed by atoms with van der Waals surface area (Å²) in [6, 6.07) is 15.4. The Balaban J connectivity index is 2.29. The highest BCUT2D eigenvalue weighted by atomic mass is 14.9. The molecule has 0 unspecified atom stereocenters. The van der Waals surface area contributed by atoms with Crippen LogP contribution >= 0.6 is 0 Å². The maximum Gasteiger partial charge on any atom is 0.0489 e. The van der Waals surface area contributed by atoms with Crippen molar-refractivity contribution in [2.24, 2.45) is 7.05 Å². The molecule has 0 amide bonds. The first kappa shape index (κ1) is 9.16. The van der Waals surface area contributed by atoms with E-state index in [1.807, 2.05) is 36.7 Å². The van der Waals surface area contributed by atoms with Gasteiger partial charge in [0.15, 0.2) is 0 Å². The lowest BCUT2D eigenvalue weighted by atomic mass is 10.2. The molecule has 3 aromatic rings. The fourth-order valence-electron chi connectivity index (χ4n) is 2.02. The molecule has 0 bridgehead atoms. The lowest BCUT2D eigenvalue weighted by Gasteiger charge is -2.03. The van der Waals surface area contributed by atoms with Gasteiger partial charge in [0.05, 0.1) is 0 Å². The first-order chi connectivity index (χ1) is 7.86. The Morgan fingerprint density at radius 3 is 2.75 bits per heavy atom. The average molecular weight is 207 g/mol. The van der Waals surface area contributed by atoms with E-state index in [1.54, 1.807) is 0 Å². The van der Waals surface area contributed by atoms with E-state index in [4.69, 9.17) is 0 Å². The van der Waals surface area contributed by atoms with Gasteiger partial charge in [0, 0.05) is 41.6 Å². The normalized spacial score (nSPS) is 10.8. The SMILES string of the molecule is Cn1c(-c2ccncc2)cc2cc[c]cc21. The van der Waals surface area contributed by atoms with Gasteiger partial charge in [0.25, 0.3) is 0 Å². The zero-order chi connectivity index (χ0) is 11.0. The van der Waals surface area contributed by atoms with Crippen LogP contribution in [0.4, 0.5) is 0 Å². The molecule has 2 nitrogen and oxygen atoms in total. The van der Waals surface area contributed by atoms with Crippen molar-refractivity contribution in [1.29, 1.82) is 0 Å². The third-order valence-corrected chi connectivity index (χ3v) is 2.87. The van der Waals surface area contributed by atoms with Crippen LogP contribution in [0.2, 0.25) is 0 Å². The van der Waals surface area contributed by atoms with E-state index in [9.17, 15) is 0 Å². The van der Waals surface area contributed by atoms with Gasteiger partial charge in [-0.2, -0.15) is 0 Å². The molecule has 1 radical (unpaired) electrons. The van der Waals surface area contributed by atoms with Crippen molar-refractivity contribution in [3.05, 3.63) is 54.9 Å². The first-order valence-corrected chi connectivity index (χ1v) is 5.22. The average Bonchev–Trinajstić information content (AvgIpc) is 2.69. The molecular weight excluding hydrogens is 196 g/mol. The topological polar surface area (TPSA) is 17.8 Å². The maximum atomic E-state index is 4.04. The molecule has 0 spiro atoms. The monoisotopic (exact) mass is 207 g/mol. The van der Waals surface area contributed by atoms with Crippen LogP contribution in [-0.4, -0.2) is 9.55 Å². The Bertz CT molecular complexity index is 624. The number of fused-ring (bicyclic) bond motifs is 1. The zero-order valence-electron chi connectivity index (χ0n) is 9.01. The molecule has 0 aliphatic carbocycles. The molecule has 2 heterocycles. The van der Waals surface area contributed by atoms with Crippen molar-refractivity contribution in [3.8, 4) is 11.3 Å². The minimum absolute atomic E-state index is 1.19. The molecule has 0 aliphatic heterocycles. The third-order valence-electron chi connectivity index (χ3n) is 2.87. The van der Waals surface area contributed by atoms with Crippen LogP contribution in [-0.2, 0) is 7.05 Å². The van der Waals surface area contributed by atoms with Crippen molar-refractivity contribution >= 4 is 10.9 Å². The van der Waals surface area contributed by atoms with Crippen LogP contribution in [0.1, 0.15) is 0 Å². The molecule has 3 rings (SSSR count). The molecule has 0 fully saturated rings. The van der Waals surface area contributed by atoms with Gasteiger partial charge in [-0.1, -0.05) is 12.1 Å². The van der Waals surface area contributed by atoms with E-state index < -0.39 is 0 Å². The van der Waals surface area contributed by atoms with E-state index in [-0.39, 0.29) is 0 Å². The molecular formula is C14H11N2. The summed E-state index contributed by atoms with van der Waals surface area (Å²) in [6.07, 6.45) is 3.64. The molecule has 0 aliphatic rings. The van der Waals surface area contributed by atoms with Gasteiger partial charge < -0.3 is 4.57 Å². The van der Waals surface area contributed by atoms with E-state index in [0.717, 1.165) is 0 Å². The number of aryl methyl sites for hydroxylation is 1. The van der Waals surface area contributed by atoms with Crippen LogP contribution < -0.4 is 0 Å².